The van der Waals surface area contributed by atoms with Crippen LogP contribution in [0.4, 0.5) is 17.6 Å². The van der Waals surface area contributed by atoms with Gasteiger partial charge in [0.2, 0.25) is 5.95 Å². The number of hydrogen-bond acceptors (Lipinski definition) is 6. The first kappa shape index (κ1) is 15.1. The number of likely N-dealkylation sites (tertiary alicyclic amines) is 1. The molecule has 4 heterocycles. The maximum atomic E-state index is 4.71. The van der Waals surface area contributed by atoms with Crippen LogP contribution in [0.15, 0.2) is 18.3 Å². The zero-order chi connectivity index (χ0) is 16.8. The number of aromatic nitrogens is 4. The summed E-state index contributed by atoms with van der Waals surface area (Å²) in [7, 11) is 2.20. The smallest absolute Gasteiger partial charge is 0.227 e. The molecule has 7 heteroatoms. The van der Waals surface area contributed by atoms with Gasteiger partial charge in [-0.25, -0.2) is 4.98 Å². The van der Waals surface area contributed by atoms with Crippen molar-refractivity contribution in [1.29, 1.82) is 0 Å². The number of H-pyrrole nitrogens is 1. The zero-order valence-corrected chi connectivity index (χ0v) is 14.6. The van der Waals surface area contributed by atoms with E-state index in [0.717, 1.165) is 42.5 Å². The Hall–Kier alpha value is -2.15. The molecule has 3 fully saturated rings. The third-order valence-electron chi connectivity index (χ3n) is 5.78. The lowest BCUT2D eigenvalue weighted by molar-refractivity contribution is 0.0908. The molecule has 25 heavy (non-hydrogen) atoms. The van der Waals surface area contributed by atoms with Crippen molar-refractivity contribution in [3.8, 4) is 0 Å². The van der Waals surface area contributed by atoms with Gasteiger partial charge in [-0.3, -0.25) is 5.10 Å². The molecular formula is C18H25N7. The molecule has 1 saturated carbocycles. The maximum absolute atomic E-state index is 4.71. The SMILES string of the molecule is CN1CC([C@H]2CCN(c3nccc(Nc4cc(C5CC5)[nH]n4)n3)C2)C1. The Morgan fingerprint density at radius 2 is 2.00 bits per heavy atom. The number of nitrogens with zero attached hydrogens (tertiary/aromatic N) is 5. The van der Waals surface area contributed by atoms with Crippen molar-refractivity contribution in [2.45, 2.75) is 25.2 Å². The summed E-state index contributed by atoms with van der Waals surface area (Å²) in [5.41, 5.74) is 1.23. The lowest BCUT2D eigenvalue weighted by atomic mass is 9.86. The van der Waals surface area contributed by atoms with E-state index in [1.165, 1.54) is 38.0 Å². The summed E-state index contributed by atoms with van der Waals surface area (Å²) in [6.07, 6.45) is 5.63. The molecule has 1 aliphatic carbocycles. The first-order valence-electron chi connectivity index (χ1n) is 9.33. The predicted octanol–water partition coefficient (Wildman–Crippen LogP) is 2.21. The lowest BCUT2D eigenvalue weighted by Crippen LogP contribution is -2.48. The number of hydrogen-bond donors (Lipinski definition) is 2. The molecular weight excluding hydrogens is 314 g/mol. The fraction of sp³-hybridized carbons (Fsp3) is 0.611. The summed E-state index contributed by atoms with van der Waals surface area (Å²) in [5.74, 6) is 4.79. The summed E-state index contributed by atoms with van der Waals surface area (Å²) in [5, 5.41) is 10.8. The van der Waals surface area contributed by atoms with Crippen molar-refractivity contribution in [3.05, 3.63) is 24.0 Å². The average molecular weight is 339 g/mol. The van der Waals surface area contributed by atoms with Crippen molar-refractivity contribution < 1.29 is 0 Å². The van der Waals surface area contributed by atoms with Crippen molar-refractivity contribution >= 4 is 17.6 Å². The fourth-order valence-corrected chi connectivity index (χ4v) is 4.10. The second kappa shape index (κ2) is 5.98. The van der Waals surface area contributed by atoms with Crippen LogP contribution in [0.3, 0.4) is 0 Å². The van der Waals surface area contributed by atoms with E-state index in [-0.39, 0.29) is 0 Å². The highest BCUT2D eigenvalue weighted by atomic mass is 15.3. The predicted molar refractivity (Wildman–Crippen MR) is 97.2 cm³/mol. The molecule has 0 aromatic carbocycles. The van der Waals surface area contributed by atoms with Gasteiger partial charge in [-0.05, 0) is 44.2 Å². The number of anilines is 3. The molecule has 2 aromatic heterocycles. The van der Waals surface area contributed by atoms with Crippen molar-refractivity contribution in [3.63, 3.8) is 0 Å². The molecule has 3 aliphatic rings. The van der Waals surface area contributed by atoms with Gasteiger partial charge in [-0.2, -0.15) is 10.1 Å². The molecule has 0 unspecified atom stereocenters. The summed E-state index contributed by atoms with van der Waals surface area (Å²) in [6.45, 7) is 4.62. The molecule has 2 saturated heterocycles. The van der Waals surface area contributed by atoms with Gasteiger partial charge in [0.25, 0.3) is 0 Å². The third kappa shape index (κ3) is 3.08. The Morgan fingerprint density at radius 3 is 2.80 bits per heavy atom. The van der Waals surface area contributed by atoms with E-state index in [1.807, 2.05) is 12.3 Å². The molecule has 0 amide bonds. The van der Waals surface area contributed by atoms with Gasteiger partial charge >= 0.3 is 0 Å². The first-order valence-corrected chi connectivity index (χ1v) is 9.33. The Bertz CT molecular complexity index is 747. The number of aromatic amines is 1. The largest absolute Gasteiger partial charge is 0.340 e. The fourth-order valence-electron chi connectivity index (χ4n) is 4.10. The van der Waals surface area contributed by atoms with E-state index < -0.39 is 0 Å². The van der Waals surface area contributed by atoms with E-state index in [0.29, 0.717) is 5.92 Å². The normalized spacial score (nSPS) is 24.5. The Balaban J connectivity index is 1.24. The van der Waals surface area contributed by atoms with Crippen LogP contribution in [-0.4, -0.2) is 58.3 Å². The van der Waals surface area contributed by atoms with Crippen molar-refractivity contribution in [1.82, 2.24) is 25.1 Å². The Kier molecular flexibility index (Phi) is 3.62. The number of rotatable bonds is 5. The molecule has 0 radical (unpaired) electrons. The third-order valence-corrected chi connectivity index (χ3v) is 5.78. The maximum Gasteiger partial charge on any atom is 0.227 e. The highest BCUT2D eigenvalue weighted by molar-refractivity contribution is 5.53. The van der Waals surface area contributed by atoms with Crippen LogP contribution in [0.25, 0.3) is 0 Å². The molecule has 0 bridgehead atoms. The minimum atomic E-state index is 0.677. The monoisotopic (exact) mass is 339 g/mol. The molecule has 2 aromatic rings. The average Bonchev–Trinajstić information content (AvgIpc) is 3.15. The zero-order valence-electron chi connectivity index (χ0n) is 14.6. The highest BCUT2D eigenvalue weighted by Crippen LogP contribution is 2.39. The van der Waals surface area contributed by atoms with Gasteiger partial charge in [-0.1, -0.05) is 0 Å². The van der Waals surface area contributed by atoms with Crippen LogP contribution in [0.5, 0.6) is 0 Å². The molecule has 2 N–H and O–H groups in total. The van der Waals surface area contributed by atoms with Crippen LogP contribution in [0, 0.1) is 11.8 Å². The van der Waals surface area contributed by atoms with Gasteiger partial charge < -0.3 is 15.1 Å². The highest BCUT2D eigenvalue weighted by Gasteiger charge is 2.36. The van der Waals surface area contributed by atoms with Crippen molar-refractivity contribution in [2.24, 2.45) is 11.8 Å². The summed E-state index contributed by atoms with van der Waals surface area (Å²) in [6, 6.07) is 4.00. The minimum Gasteiger partial charge on any atom is -0.340 e. The quantitative estimate of drug-likeness (QED) is 0.870. The second-order valence-corrected chi connectivity index (χ2v) is 7.83. The Labute approximate surface area is 147 Å². The molecule has 5 rings (SSSR count). The molecule has 0 spiro atoms. The van der Waals surface area contributed by atoms with Crippen molar-refractivity contribution in [2.75, 3.05) is 43.4 Å². The standard InChI is InChI=1S/C18H25N7/c1-24-9-14(10-24)13-5-7-25(11-13)18-19-6-4-16(21-18)20-17-8-15(22-23-17)12-2-3-12/h4,6,8,12-14H,2-3,5,7,9-11H2,1H3,(H2,19,20,21,22,23)/t13-/m0/s1. The number of nitrogens with one attached hydrogen (secondary N) is 2. The van der Waals surface area contributed by atoms with E-state index in [2.05, 4.69) is 43.4 Å². The summed E-state index contributed by atoms with van der Waals surface area (Å²) >= 11 is 0. The van der Waals surface area contributed by atoms with Gasteiger partial charge in [0.1, 0.15) is 5.82 Å². The minimum absolute atomic E-state index is 0.677. The van der Waals surface area contributed by atoms with Crippen LogP contribution in [0.2, 0.25) is 0 Å². The molecule has 1 atom stereocenters. The van der Waals surface area contributed by atoms with E-state index in [9.17, 15) is 0 Å². The van der Waals surface area contributed by atoms with E-state index >= 15 is 0 Å². The van der Waals surface area contributed by atoms with Crippen LogP contribution in [0.1, 0.15) is 30.9 Å². The summed E-state index contributed by atoms with van der Waals surface area (Å²) in [4.78, 5) is 13.9. The van der Waals surface area contributed by atoms with Crippen LogP contribution in [-0.2, 0) is 0 Å². The van der Waals surface area contributed by atoms with Gasteiger partial charge in [0.15, 0.2) is 5.82 Å². The molecule has 132 valence electrons. The van der Waals surface area contributed by atoms with Crippen LogP contribution < -0.4 is 10.2 Å². The lowest BCUT2D eigenvalue weighted by Gasteiger charge is -2.40. The summed E-state index contributed by atoms with van der Waals surface area (Å²) < 4.78 is 0. The molecule has 2 aliphatic heterocycles. The Morgan fingerprint density at radius 1 is 1.12 bits per heavy atom. The van der Waals surface area contributed by atoms with E-state index in [4.69, 9.17) is 4.98 Å². The van der Waals surface area contributed by atoms with Gasteiger partial charge in [0.05, 0.1) is 0 Å². The molecule has 7 nitrogen and oxygen atoms in total. The van der Waals surface area contributed by atoms with Crippen LogP contribution >= 0.6 is 0 Å². The van der Waals surface area contributed by atoms with E-state index in [1.54, 1.807) is 0 Å². The second-order valence-electron chi connectivity index (χ2n) is 7.83. The topological polar surface area (TPSA) is 73.0 Å². The van der Waals surface area contributed by atoms with Gasteiger partial charge in [0, 0.05) is 50.1 Å². The first-order chi connectivity index (χ1) is 12.2. The van der Waals surface area contributed by atoms with Gasteiger partial charge in [-0.15, -0.1) is 0 Å².